The summed E-state index contributed by atoms with van der Waals surface area (Å²) in [5.74, 6) is 0. The molecule has 222 valence electrons. The monoisotopic (exact) mass is 610 g/mol. The summed E-state index contributed by atoms with van der Waals surface area (Å²) in [5.41, 5.74) is 10.7. The van der Waals surface area contributed by atoms with Gasteiger partial charge in [-0.25, -0.2) is 0 Å². The van der Waals surface area contributed by atoms with Gasteiger partial charge >= 0.3 is 0 Å². The molecule has 0 aliphatic rings. The maximum Gasteiger partial charge on any atom is 0.101 e. The zero-order valence-electron chi connectivity index (χ0n) is 25.8. The fourth-order valence-electron chi connectivity index (χ4n) is 7.39. The average molecular weight is 611 g/mol. The molecule has 0 N–H and O–H groups in total. The Kier molecular flexibility index (Phi) is 6.22. The number of hydrogen-bond donors (Lipinski definition) is 0. The number of rotatable bonds is 4. The molecule has 0 amide bonds. The van der Waals surface area contributed by atoms with E-state index in [4.69, 9.17) is 0 Å². The molecule has 2 aromatic heterocycles. The third-order valence-corrected chi connectivity index (χ3v) is 9.44. The van der Waals surface area contributed by atoms with E-state index in [1.165, 1.54) is 10.8 Å². The Hall–Kier alpha value is -6.88. The molecule has 4 heteroatoms. The second-order valence-electron chi connectivity index (χ2n) is 11.9. The summed E-state index contributed by atoms with van der Waals surface area (Å²) >= 11 is 0. The molecule has 0 radical (unpaired) electrons. The molecule has 0 saturated carbocycles. The Morgan fingerprint density at radius 1 is 0.375 bits per heavy atom. The summed E-state index contributed by atoms with van der Waals surface area (Å²) < 4.78 is 4.46. The van der Waals surface area contributed by atoms with Crippen molar-refractivity contribution in [2.45, 2.75) is 0 Å². The fraction of sp³-hybridized carbons (Fsp3) is 0. The van der Waals surface area contributed by atoms with E-state index in [1.807, 2.05) is 36.4 Å². The number of nitriles is 2. The summed E-state index contributed by atoms with van der Waals surface area (Å²) in [4.78, 5) is 0. The zero-order valence-corrected chi connectivity index (χ0v) is 25.8. The van der Waals surface area contributed by atoms with Crippen molar-refractivity contribution >= 4 is 43.6 Å². The summed E-state index contributed by atoms with van der Waals surface area (Å²) in [6, 6.07) is 58.8. The highest BCUT2D eigenvalue weighted by Gasteiger charge is 2.23. The summed E-state index contributed by atoms with van der Waals surface area (Å²) in [5, 5.41) is 25.7. The van der Waals surface area contributed by atoms with Gasteiger partial charge in [0.15, 0.2) is 0 Å². The number of nitrogens with zero attached hydrogens (tertiary/aromatic N) is 4. The van der Waals surface area contributed by atoms with E-state index >= 15 is 0 Å². The van der Waals surface area contributed by atoms with Crippen molar-refractivity contribution in [3.05, 3.63) is 169 Å². The van der Waals surface area contributed by atoms with E-state index in [0.717, 1.165) is 60.8 Å². The minimum absolute atomic E-state index is 0.507. The molecule has 0 atom stereocenters. The fourth-order valence-corrected chi connectivity index (χ4v) is 7.39. The quantitative estimate of drug-likeness (QED) is 0.199. The normalized spacial score (nSPS) is 11.3. The maximum atomic E-state index is 10.5. The van der Waals surface area contributed by atoms with E-state index < -0.39 is 0 Å². The first-order valence-corrected chi connectivity index (χ1v) is 15.9. The van der Waals surface area contributed by atoms with Crippen LogP contribution >= 0.6 is 0 Å². The molecule has 0 saturated heterocycles. The maximum absolute atomic E-state index is 10.5. The Labute approximate surface area is 277 Å². The molecule has 0 spiro atoms. The second kappa shape index (κ2) is 10.9. The number of benzene rings is 7. The molecule has 0 aliphatic heterocycles. The van der Waals surface area contributed by atoms with Crippen LogP contribution in [0.2, 0.25) is 0 Å². The molecule has 0 aliphatic carbocycles. The van der Waals surface area contributed by atoms with Gasteiger partial charge in [-0.15, -0.1) is 0 Å². The van der Waals surface area contributed by atoms with Gasteiger partial charge in [-0.3, -0.25) is 0 Å². The average Bonchev–Trinajstić information content (AvgIpc) is 3.67. The van der Waals surface area contributed by atoms with Crippen LogP contribution in [0.3, 0.4) is 0 Å². The molecule has 48 heavy (non-hydrogen) atoms. The second-order valence-corrected chi connectivity index (χ2v) is 11.9. The van der Waals surface area contributed by atoms with Gasteiger partial charge in [0.25, 0.3) is 0 Å². The van der Waals surface area contributed by atoms with Crippen molar-refractivity contribution in [3.63, 3.8) is 0 Å². The highest BCUT2D eigenvalue weighted by Crippen LogP contribution is 2.43. The van der Waals surface area contributed by atoms with Gasteiger partial charge in [0, 0.05) is 32.8 Å². The minimum atomic E-state index is 0.507. The first-order chi connectivity index (χ1) is 23.8. The van der Waals surface area contributed by atoms with Crippen LogP contribution in [0.4, 0.5) is 0 Å². The van der Waals surface area contributed by atoms with Crippen LogP contribution in [0.15, 0.2) is 158 Å². The highest BCUT2D eigenvalue weighted by atomic mass is 15.0. The molecule has 0 fully saturated rings. The Balaban J connectivity index is 1.28. The Morgan fingerprint density at radius 2 is 0.792 bits per heavy atom. The molecule has 4 nitrogen and oxygen atoms in total. The van der Waals surface area contributed by atoms with Crippen molar-refractivity contribution in [2.75, 3.05) is 0 Å². The molecule has 9 aromatic rings. The standard InChI is InChI=1S/C44H26N4/c45-27-30-21-22-31(28-46)44(48-41-19-9-5-14-36(41)37-15-6-10-20-42(37)48)43(30)38-16-2-1-11-33(38)29-23-25-32(26-24-29)47-39-17-7-3-12-34(39)35-13-4-8-18-40(35)47/h1-26H. The first kappa shape index (κ1) is 27.4. The van der Waals surface area contributed by atoms with Gasteiger partial charge in [0.2, 0.25) is 0 Å². The number of hydrogen-bond acceptors (Lipinski definition) is 2. The van der Waals surface area contributed by atoms with E-state index in [1.54, 1.807) is 12.1 Å². The smallest absolute Gasteiger partial charge is 0.101 e. The molecule has 7 aromatic carbocycles. The number of aromatic nitrogens is 2. The van der Waals surface area contributed by atoms with Crippen LogP contribution in [0, 0.1) is 22.7 Å². The summed E-state index contributed by atoms with van der Waals surface area (Å²) in [7, 11) is 0. The van der Waals surface area contributed by atoms with Gasteiger partial charge in [-0.1, -0.05) is 109 Å². The molecule has 9 rings (SSSR count). The van der Waals surface area contributed by atoms with Crippen molar-refractivity contribution in [2.24, 2.45) is 0 Å². The first-order valence-electron chi connectivity index (χ1n) is 15.9. The summed E-state index contributed by atoms with van der Waals surface area (Å²) in [6.07, 6.45) is 0. The lowest BCUT2D eigenvalue weighted by atomic mass is 9.89. The van der Waals surface area contributed by atoms with Gasteiger partial charge in [0.05, 0.1) is 45.0 Å². The topological polar surface area (TPSA) is 57.4 Å². The van der Waals surface area contributed by atoms with Crippen molar-refractivity contribution in [1.82, 2.24) is 9.13 Å². The van der Waals surface area contributed by atoms with Crippen LogP contribution in [-0.2, 0) is 0 Å². The van der Waals surface area contributed by atoms with Gasteiger partial charge in [0.1, 0.15) is 6.07 Å². The van der Waals surface area contributed by atoms with Crippen LogP contribution < -0.4 is 0 Å². The minimum Gasteiger partial charge on any atom is -0.309 e. The third kappa shape index (κ3) is 4.01. The van der Waals surface area contributed by atoms with Crippen molar-refractivity contribution in [1.29, 1.82) is 10.5 Å². The Bertz CT molecular complexity index is 2690. The SMILES string of the molecule is N#Cc1ccc(C#N)c(-n2c3ccccc3c3ccccc32)c1-c1ccccc1-c1ccc(-n2c3ccccc3c3ccccc32)cc1. The molecule has 0 bridgehead atoms. The highest BCUT2D eigenvalue weighted by molar-refractivity contribution is 6.11. The molecular formula is C44H26N4. The molecule has 0 unspecified atom stereocenters. The van der Waals surface area contributed by atoms with Gasteiger partial charge in [-0.2, -0.15) is 10.5 Å². The number of fused-ring (bicyclic) bond motifs is 6. The predicted octanol–water partition coefficient (Wildman–Crippen LogP) is 11.0. The van der Waals surface area contributed by atoms with Crippen molar-refractivity contribution < 1.29 is 0 Å². The predicted molar refractivity (Wildman–Crippen MR) is 195 cm³/mol. The van der Waals surface area contributed by atoms with Gasteiger partial charge < -0.3 is 9.13 Å². The van der Waals surface area contributed by atoms with E-state index in [-0.39, 0.29) is 0 Å². The molecular weight excluding hydrogens is 585 g/mol. The van der Waals surface area contributed by atoms with Crippen molar-refractivity contribution in [3.8, 4) is 45.8 Å². The third-order valence-electron chi connectivity index (χ3n) is 9.44. The van der Waals surface area contributed by atoms with Crippen LogP contribution in [0.1, 0.15) is 11.1 Å². The van der Waals surface area contributed by atoms with Gasteiger partial charge in [-0.05, 0) is 65.2 Å². The zero-order chi connectivity index (χ0) is 32.2. The lowest BCUT2D eigenvalue weighted by Crippen LogP contribution is -2.03. The van der Waals surface area contributed by atoms with Crippen LogP contribution in [0.5, 0.6) is 0 Å². The van der Waals surface area contributed by atoms with E-state index in [0.29, 0.717) is 16.8 Å². The van der Waals surface area contributed by atoms with E-state index in [2.05, 4.69) is 130 Å². The lowest BCUT2D eigenvalue weighted by Gasteiger charge is -2.19. The largest absolute Gasteiger partial charge is 0.309 e. The van der Waals surface area contributed by atoms with Crippen LogP contribution in [0.25, 0.3) is 77.2 Å². The number of para-hydroxylation sites is 4. The lowest BCUT2D eigenvalue weighted by molar-refractivity contribution is 1.17. The van der Waals surface area contributed by atoms with Crippen LogP contribution in [-0.4, -0.2) is 9.13 Å². The Morgan fingerprint density at radius 3 is 1.29 bits per heavy atom. The van der Waals surface area contributed by atoms with E-state index in [9.17, 15) is 10.5 Å². The molecule has 2 heterocycles. The summed E-state index contributed by atoms with van der Waals surface area (Å²) in [6.45, 7) is 0.